The number of amides is 1. The van der Waals surface area contributed by atoms with E-state index in [4.69, 9.17) is 0 Å². The number of carbonyl (C=O) groups excluding carboxylic acids is 1. The Morgan fingerprint density at radius 1 is 1.36 bits per heavy atom. The number of hydrogen-bond donors (Lipinski definition) is 3. The summed E-state index contributed by atoms with van der Waals surface area (Å²) in [5, 5.41) is 6.49. The zero-order valence-corrected chi connectivity index (χ0v) is 13.2. The van der Waals surface area contributed by atoms with Gasteiger partial charge in [0.25, 0.3) is 0 Å². The highest BCUT2D eigenvalue weighted by molar-refractivity contribution is 5.80. The number of aromatic amines is 1. The lowest BCUT2D eigenvalue weighted by Gasteiger charge is -2.26. The van der Waals surface area contributed by atoms with Crippen LogP contribution in [-0.4, -0.2) is 29.0 Å². The Hall–Kier alpha value is -1.88. The molecular formula is C17H24N4O. The van der Waals surface area contributed by atoms with Gasteiger partial charge in [-0.3, -0.25) is 4.79 Å². The average Bonchev–Trinajstić information content (AvgIpc) is 2.96. The Kier molecular flexibility index (Phi) is 4.43. The number of piperidine rings is 1. The quantitative estimate of drug-likeness (QED) is 0.812. The van der Waals surface area contributed by atoms with Gasteiger partial charge < -0.3 is 15.6 Å². The Bertz CT molecular complexity index is 610. The second kappa shape index (κ2) is 6.48. The molecule has 118 valence electrons. The van der Waals surface area contributed by atoms with Crippen molar-refractivity contribution in [3.8, 4) is 0 Å². The molecule has 1 saturated heterocycles. The Morgan fingerprint density at radius 2 is 2.18 bits per heavy atom. The maximum atomic E-state index is 12.5. The maximum Gasteiger partial charge on any atom is 0.224 e. The van der Waals surface area contributed by atoms with Gasteiger partial charge in [0, 0.05) is 6.54 Å². The fraction of sp³-hybridized carbons (Fsp3) is 0.529. The number of imidazole rings is 1. The van der Waals surface area contributed by atoms with Gasteiger partial charge >= 0.3 is 0 Å². The average molecular weight is 300 g/mol. The van der Waals surface area contributed by atoms with Crippen molar-refractivity contribution >= 4 is 16.9 Å². The van der Waals surface area contributed by atoms with Gasteiger partial charge in [-0.2, -0.15) is 0 Å². The van der Waals surface area contributed by atoms with Gasteiger partial charge in [0.1, 0.15) is 5.82 Å². The zero-order chi connectivity index (χ0) is 15.5. The van der Waals surface area contributed by atoms with Gasteiger partial charge in [-0.1, -0.05) is 26.0 Å². The summed E-state index contributed by atoms with van der Waals surface area (Å²) in [4.78, 5) is 20.5. The van der Waals surface area contributed by atoms with Crippen LogP contribution in [-0.2, 0) is 4.79 Å². The van der Waals surface area contributed by atoms with Gasteiger partial charge in [0.2, 0.25) is 5.91 Å². The highest BCUT2D eigenvalue weighted by Crippen LogP contribution is 2.23. The summed E-state index contributed by atoms with van der Waals surface area (Å²) in [6.07, 6.45) is 2.03. The Morgan fingerprint density at radius 3 is 2.86 bits per heavy atom. The molecule has 0 aliphatic carbocycles. The predicted octanol–water partition coefficient (Wildman–Crippen LogP) is 2.38. The molecule has 1 aliphatic rings. The van der Waals surface area contributed by atoms with Crippen LogP contribution in [0.25, 0.3) is 11.0 Å². The first-order chi connectivity index (χ1) is 10.6. The summed E-state index contributed by atoms with van der Waals surface area (Å²) in [6.45, 7) is 6.01. The minimum Gasteiger partial charge on any atom is -0.346 e. The fourth-order valence-electron chi connectivity index (χ4n) is 3.02. The summed E-state index contributed by atoms with van der Waals surface area (Å²) in [7, 11) is 0. The number of fused-ring (bicyclic) bond motifs is 1. The van der Waals surface area contributed by atoms with Crippen molar-refractivity contribution in [3.05, 3.63) is 30.1 Å². The Labute approximate surface area is 130 Å². The molecule has 5 heteroatoms. The first-order valence-electron chi connectivity index (χ1n) is 8.11. The third-order valence-electron chi connectivity index (χ3n) is 4.33. The molecule has 1 amide bonds. The van der Waals surface area contributed by atoms with E-state index < -0.39 is 0 Å². The molecule has 2 aromatic rings. The number of para-hydroxylation sites is 2. The Balaban J connectivity index is 1.78. The van der Waals surface area contributed by atoms with Gasteiger partial charge in [-0.25, -0.2) is 4.98 Å². The standard InChI is InChI=1S/C17H24N4O/c1-11(2)15(21-17(22)12-6-5-9-18-10-12)16-19-13-7-3-4-8-14(13)20-16/h3-4,7-8,11-12,15,18H,5-6,9-10H2,1-2H3,(H,19,20)(H,21,22). The second-order valence-corrected chi connectivity index (χ2v) is 6.41. The highest BCUT2D eigenvalue weighted by Gasteiger charge is 2.27. The molecule has 0 saturated carbocycles. The highest BCUT2D eigenvalue weighted by atomic mass is 16.2. The topological polar surface area (TPSA) is 69.8 Å². The lowest BCUT2D eigenvalue weighted by Crippen LogP contribution is -2.43. The molecule has 3 N–H and O–H groups in total. The van der Waals surface area contributed by atoms with Crippen molar-refractivity contribution in [2.45, 2.75) is 32.7 Å². The van der Waals surface area contributed by atoms with E-state index >= 15 is 0 Å². The molecule has 1 aromatic heterocycles. The molecule has 0 bridgehead atoms. The SMILES string of the molecule is CC(C)C(NC(=O)C1CCCNC1)c1nc2ccccc2[nH]1. The molecule has 1 fully saturated rings. The summed E-state index contributed by atoms with van der Waals surface area (Å²) >= 11 is 0. The number of nitrogens with zero attached hydrogens (tertiary/aromatic N) is 1. The van der Waals surface area contributed by atoms with E-state index in [0.717, 1.165) is 42.8 Å². The van der Waals surface area contributed by atoms with Crippen molar-refractivity contribution < 1.29 is 4.79 Å². The number of aromatic nitrogens is 2. The van der Waals surface area contributed by atoms with Crippen molar-refractivity contribution in [3.63, 3.8) is 0 Å². The lowest BCUT2D eigenvalue weighted by molar-refractivity contribution is -0.126. The minimum atomic E-state index is -0.0816. The van der Waals surface area contributed by atoms with Crippen molar-refractivity contribution in [2.75, 3.05) is 13.1 Å². The minimum absolute atomic E-state index is 0.0689. The second-order valence-electron chi connectivity index (χ2n) is 6.41. The monoisotopic (exact) mass is 300 g/mol. The van der Waals surface area contributed by atoms with E-state index in [9.17, 15) is 4.79 Å². The first-order valence-corrected chi connectivity index (χ1v) is 8.11. The van der Waals surface area contributed by atoms with Crippen LogP contribution in [0.2, 0.25) is 0 Å². The molecule has 2 heterocycles. The summed E-state index contributed by atoms with van der Waals surface area (Å²) < 4.78 is 0. The van der Waals surface area contributed by atoms with Crippen LogP contribution in [0.5, 0.6) is 0 Å². The van der Waals surface area contributed by atoms with Crippen LogP contribution >= 0.6 is 0 Å². The van der Waals surface area contributed by atoms with Crippen molar-refractivity contribution in [2.24, 2.45) is 11.8 Å². The lowest BCUT2D eigenvalue weighted by atomic mass is 9.97. The van der Waals surface area contributed by atoms with Crippen LogP contribution in [0.1, 0.15) is 38.6 Å². The van der Waals surface area contributed by atoms with Crippen LogP contribution in [0.4, 0.5) is 0 Å². The third kappa shape index (κ3) is 3.14. The molecule has 3 rings (SSSR count). The number of benzene rings is 1. The smallest absolute Gasteiger partial charge is 0.224 e. The molecule has 1 aliphatic heterocycles. The van der Waals surface area contributed by atoms with E-state index in [2.05, 4.69) is 34.4 Å². The molecule has 0 spiro atoms. The van der Waals surface area contributed by atoms with Crippen molar-refractivity contribution in [1.82, 2.24) is 20.6 Å². The molecule has 2 unspecified atom stereocenters. The fourth-order valence-corrected chi connectivity index (χ4v) is 3.02. The summed E-state index contributed by atoms with van der Waals surface area (Å²) in [5.41, 5.74) is 1.95. The molecule has 0 radical (unpaired) electrons. The number of hydrogen-bond acceptors (Lipinski definition) is 3. The first kappa shape index (κ1) is 15.0. The van der Waals surface area contributed by atoms with Gasteiger partial charge in [0.05, 0.1) is 23.0 Å². The number of rotatable bonds is 4. The molecule has 22 heavy (non-hydrogen) atoms. The van der Waals surface area contributed by atoms with Crippen LogP contribution in [0, 0.1) is 11.8 Å². The maximum absolute atomic E-state index is 12.5. The molecule has 2 atom stereocenters. The number of carbonyl (C=O) groups is 1. The van der Waals surface area contributed by atoms with Crippen LogP contribution in [0.15, 0.2) is 24.3 Å². The van der Waals surface area contributed by atoms with Gasteiger partial charge in [-0.05, 0) is 37.4 Å². The largest absolute Gasteiger partial charge is 0.346 e. The van der Waals surface area contributed by atoms with E-state index in [-0.39, 0.29) is 23.8 Å². The van der Waals surface area contributed by atoms with E-state index in [0.29, 0.717) is 0 Å². The summed E-state index contributed by atoms with van der Waals surface area (Å²) in [6, 6.07) is 7.88. The molecule has 5 nitrogen and oxygen atoms in total. The van der Waals surface area contributed by atoms with E-state index in [1.807, 2.05) is 24.3 Å². The molecular weight excluding hydrogens is 276 g/mol. The van der Waals surface area contributed by atoms with Crippen LogP contribution < -0.4 is 10.6 Å². The van der Waals surface area contributed by atoms with Crippen LogP contribution in [0.3, 0.4) is 0 Å². The zero-order valence-electron chi connectivity index (χ0n) is 13.2. The van der Waals surface area contributed by atoms with Gasteiger partial charge in [0.15, 0.2) is 0 Å². The van der Waals surface area contributed by atoms with Crippen molar-refractivity contribution in [1.29, 1.82) is 0 Å². The number of H-pyrrole nitrogens is 1. The summed E-state index contributed by atoms with van der Waals surface area (Å²) in [5.74, 6) is 1.32. The number of nitrogens with one attached hydrogen (secondary N) is 3. The predicted molar refractivity (Wildman–Crippen MR) is 87.4 cm³/mol. The normalized spacial score (nSPS) is 20.2. The third-order valence-corrected chi connectivity index (χ3v) is 4.33. The molecule has 1 aromatic carbocycles. The van der Waals surface area contributed by atoms with Gasteiger partial charge in [-0.15, -0.1) is 0 Å². The van der Waals surface area contributed by atoms with E-state index in [1.54, 1.807) is 0 Å². The van der Waals surface area contributed by atoms with E-state index in [1.165, 1.54) is 0 Å².